The lowest BCUT2D eigenvalue weighted by molar-refractivity contribution is -0.289. The molecule has 1 aliphatic carbocycles. The third kappa shape index (κ3) is 3.06. The number of aromatic hydroxyl groups is 1. The summed E-state index contributed by atoms with van der Waals surface area (Å²) in [6.45, 7) is 2.69. The van der Waals surface area contributed by atoms with Gasteiger partial charge in [0.05, 0.1) is 6.04 Å². The molecule has 0 aliphatic heterocycles. The summed E-state index contributed by atoms with van der Waals surface area (Å²) in [5, 5.41) is 24.7. The van der Waals surface area contributed by atoms with Crippen molar-refractivity contribution in [2.24, 2.45) is 5.92 Å². The molecule has 1 heterocycles. The predicted octanol–water partition coefficient (Wildman–Crippen LogP) is 4.57. The van der Waals surface area contributed by atoms with Gasteiger partial charge in [-0.05, 0) is 35.7 Å². The predicted molar refractivity (Wildman–Crippen MR) is 108 cm³/mol. The fraction of sp³-hybridized carbons (Fsp3) is 0.318. The standard InChI is InChI=1S/C22H20F4N2O3/c1-10-11(2)21(31,22(24,25)26)19(15-8-12(23)9-17(29)18(10)15)28-16-5-3-4-14-13(16)6-7-27-20(14)30/h3-11,19,28-29,31H,1-2H3,(H,27,30). The van der Waals surface area contributed by atoms with Crippen molar-refractivity contribution in [1.29, 1.82) is 0 Å². The number of alkyl halides is 3. The van der Waals surface area contributed by atoms with Crippen LogP contribution >= 0.6 is 0 Å². The van der Waals surface area contributed by atoms with Crippen LogP contribution in [0.4, 0.5) is 23.2 Å². The second-order valence-electron chi connectivity index (χ2n) is 7.98. The van der Waals surface area contributed by atoms with Crippen LogP contribution in [0.3, 0.4) is 0 Å². The largest absolute Gasteiger partial charge is 0.508 e. The quantitative estimate of drug-likeness (QED) is 0.444. The first-order chi connectivity index (χ1) is 14.5. The Balaban J connectivity index is 1.99. The molecule has 1 aromatic heterocycles. The summed E-state index contributed by atoms with van der Waals surface area (Å²) in [4.78, 5) is 14.6. The number of aliphatic hydroxyl groups is 1. The van der Waals surface area contributed by atoms with Crippen molar-refractivity contribution in [2.45, 2.75) is 37.6 Å². The monoisotopic (exact) mass is 436 g/mol. The van der Waals surface area contributed by atoms with Gasteiger partial charge in [0.15, 0.2) is 5.60 Å². The summed E-state index contributed by atoms with van der Waals surface area (Å²) < 4.78 is 57.0. The third-order valence-electron chi connectivity index (χ3n) is 6.37. The number of anilines is 1. The molecular weight excluding hydrogens is 416 g/mol. The Labute approximate surface area is 174 Å². The summed E-state index contributed by atoms with van der Waals surface area (Å²) in [6, 6.07) is 5.90. The average molecular weight is 436 g/mol. The molecule has 2 aromatic carbocycles. The van der Waals surface area contributed by atoms with E-state index in [1.165, 1.54) is 44.3 Å². The van der Waals surface area contributed by atoms with Crippen LogP contribution in [0.5, 0.6) is 5.75 Å². The first-order valence-corrected chi connectivity index (χ1v) is 9.65. The number of phenolic OH excluding ortho intramolecular Hbond substituents is 1. The van der Waals surface area contributed by atoms with Crippen LogP contribution < -0.4 is 10.9 Å². The van der Waals surface area contributed by atoms with Gasteiger partial charge in [-0.3, -0.25) is 4.79 Å². The van der Waals surface area contributed by atoms with E-state index in [0.717, 1.165) is 12.1 Å². The van der Waals surface area contributed by atoms with Gasteiger partial charge in [0.2, 0.25) is 0 Å². The van der Waals surface area contributed by atoms with Gasteiger partial charge < -0.3 is 20.5 Å². The highest BCUT2D eigenvalue weighted by Gasteiger charge is 2.65. The molecule has 0 spiro atoms. The minimum atomic E-state index is -5.07. The van der Waals surface area contributed by atoms with Gasteiger partial charge in [0.1, 0.15) is 11.6 Å². The van der Waals surface area contributed by atoms with Crippen LogP contribution in [-0.4, -0.2) is 27.0 Å². The van der Waals surface area contributed by atoms with Crippen LogP contribution in [-0.2, 0) is 0 Å². The van der Waals surface area contributed by atoms with Crippen LogP contribution in [0.15, 0.2) is 47.4 Å². The van der Waals surface area contributed by atoms with Crippen molar-refractivity contribution in [2.75, 3.05) is 5.32 Å². The zero-order valence-corrected chi connectivity index (χ0v) is 16.6. The summed E-state index contributed by atoms with van der Waals surface area (Å²) in [5.74, 6) is -3.67. The zero-order valence-electron chi connectivity index (χ0n) is 16.6. The van der Waals surface area contributed by atoms with E-state index in [1.54, 1.807) is 0 Å². The van der Waals surface area contributed by atoms with Gasteiger partial charge in [-0.1, -0.05) is 19.9 Å². The van der Waals surface area contributed by atoms with Crippen LogP contribution in [0.25, 0.3) is 10.8 Å². The zero-order chi connectivity index (χ0) is 22.7. The van der Waals surface area contributed by atoms with Gasteiger partial charge in [-0.2, -0.15) is 13.2 Å². The summed E-state index contributed by atoms with van der Waals surface area (Å²) in [7, 11) is 0. The fourth-order valence-corrected chi connectivity index (χ4v) is 4.60. The molecule has 9 heteroatoms. The maximum Gasteiger partial charge on any atom is 0.419 e. The van der Waals surface area contributed by atoms with Gasteiger partial charge in [0.25, 0.3) is 5.56 Å². The molecular formula is C22H20F4N2O3. The van der Waals surface area contributed by atoms with Crippen LogP contribution in [0, 0.1) is 11.7 Å². The molecule has 31 heavy (non-hydrogen) atoms. The number of fused-ring (bicyclic) bond motifs is 2. The molecule has 5 nitrogen and oxygen atoms in total. The van der Waals surface area contributed by atoms with E-state index in [9.17, 15) is 32.6 Å². The first-order valence-electron chi connectivity index (χ1n) is 9.65. The molecule has 4 rings (SSSR count). The molecule has 0 fully saturated rings. The number of phenols is 1. The Bertz CT molecular complexity index is 1220. The van der Waals surface area contributed by atoms with E-state index in [1.807, 2.05) is 0 Å². The Kier molecular flexibility index (Phi) is 4.77. The lowest BCUT2D eigenvalue weighted by Gasteiger charge is -2.49. The van der Waals surface area contributed by atoms with Crippen LogP contribution in [0.2, 0.25) is 0 Å². The lowest BCUT2D eigenvalue weighted by atomic mass is 9.64. The SMILES string of the molecule is CC1c2c(O)cc(F)cc2C(Nc2cccc3c(=O)[nH]ccc23)C(O)(C(F)(F)F)C1C. The smallest absolute Gasteiger partial charge is 0.419 e. The topological polar surface area (TPSA) is 85.4 Å². The minimum absolute atomic E-state index is 0.137. The normalized spacial score (nSPS) is 26.0. The minimum Gasteiger partial charge on any atom is -0.508 e. The van der Waals surface area contributed by atoms with Crippen molar-refractivity contribution in [3.8, 4) is 5.75 Å². The van der Waals surface area contributed by atoms with Gasteiger partial charge in [0, 0.05) is 40.2 Å². The number of pyridine rings is 1. The molecule has 4 atom stereocenters. The molecule has 0 saturated carbocycles. The molecule has 164 valence electrons. The van der Waals surface area contributed by atoms with E-state index in [4.69, 9.17) is 0 Å². The van der Waals surface area contributed by atoms with E-state index >= 15 is 0 Å². The van der Waals surface area contributed by atoms with E-state index < -0.39 is 46.8 Å². The molecule has 4 N–H and O–H groups in total. The van der Waals surface area contributed by atoms with Crippen molar-refractivity contribution >= 4 is 16.5 Å². The average Bonchev–Trinajstić information content (AvgIpc) is 2.68. The number of halogens is 4. The van der Waals surface area contributed by atoms with Gasteiger partial charge in [-0.15, -0.1) is 0 Å². The van der Waals surface area contributed by atoms with Gasteiger partial charge >= 0.3 is 6.18 Å². The second-order valence-corrected chi connectivity index (χ2v) is 7.98. The summed E-state index contributed by atoms with van der Waals surface area (Å²) in [6.07, 6.45) is -3.71. The number of hydrogen-bond donors (Lipinski definition) is 4. The van der Waals surface area contributed by atoms with Crippen molar-refractivity contribution in [3.05, 3.63) is 69.9 Å². The Morgan fingerprint density at radius 2 is 1.84 bits per heavy atom. The fourth-order valence-electron chi connectivity index (χ4n) is 4.60. The van der Waals surface area contributed by atoms with E-state index in [0.29, 0.717) is 5.39 Å². The third-order valence-corrected chi connectivity index (χ3v) is 6.37. The van der Waals surface area contributed by atoms with Crippen molar-refractivity contribution < 1.29 is 27.8 Å². The number of rotatable bonds is 2. The van der Waals surface area contributed by atoms with Gasteiger partial charge in [-0.25, -0.2) is 4.39 Å². The highest BCUT2D eigenvalue weighted by atomic mass is 19.4. The van der Waals surface area contributed by atoms with Crippen molar-refractivity contribution in [1.82, 2.24) is 4.98 Å². The molecule has 0 bridgehead atoms. The molecule has 3 aromatic rings. The first kappa shape index (κ1) is 21.2. The number of aromatic amines is 1. The highest BCUT2D eigenvalue weighted by Crippen LogP contribution is 2.57. The molecule has 4 unspecified atom stereocenters. The number of nitrogens with one attached hydrogen (secondary N) is 2. The molecule has 0 radical (unpaired) electrons. The maximum absolute atomic E-state index is 14.3. The summed E-state index contributed by atoms with van der Waals surface area (Å²) in [5.41, 5.74) is -3.60. The molecule has 1 aliphatic rings. The maximum atomic E-state index is 14.3. The highest BCUT2D eigenvalue weighted by molar-refractivity contribution is 5.93. The Hall–Kier alpha value is -3.07. The van der Waals surface area contributed by atoms with E-state index in [-0.39, 0.29) is 22.2 Å². The lowest BCUT2D eigenvalue weighted by Crippen LogP contribution is -2.60. The Morgan fingerprint density at radius 3 is 2.52 bits per heavy atom. The Morgan fingerprint density at radius 1 is 1.13 bits per heavy atom. The molecule has 0 amide bonds. The second kappa shape index (κ2) is 6.98. The van der Waals surface area contributed by atoms with Crippen molar-refractivity contribution in [3.63, 3.8) is 0 Å². The number of hydrogen-bond acceptors (Lipinski definition) is 4. The number of aromatic nitrogens is 1. The molecule has 0 saturated heterocycles. The van der Waals surface area contributed by atoms with E-state index in [2.05, 4.69) is 10.3 Å². The summed E-state index contributed by atoms with van der Waals surface area (Å²) >= 11 is 0. The van der Waals surface area contributed by atoms with Crippen LogP contribution in [0.1, 0.15) is 36.9 Å². The number of benzene rings is 2. The number of H-pyrrole nitrogens is 1.